The van der Waals surface area contributed by atoms with Crippen molar-refractivity contribution < 1.29 is 0 Å². The highest BCUT2D eigenvalue weighted by atomic mass is 35.5. The lowest BCUT2D eigenvalue weighted by Gasteiger charge is -1.95. The minimum Gasteiger partial charge on any atom is -0.338 e. The summed E-state index contributed by atoms with van der Waals surface area (Å²) in [5.74, 6) is 0.827. The van der Waals surface area contributed by atoms with Gasteiger partial charge in [-0.25, -0.2) is 4.98 Å². The first kappa shape index (κ1) is 10.4. The van der Waals surface area contributed by atoms with E-state index in [-0.39, 0.29) is 0 Å². The molecule has 0 saturated carbocycles. The van der Waals surface area contributed by atoms with Gasteiger partial charge in [0.1, 0.15) is 5.82 Å². The highest BCUT2D eigenvalue weighted by Crippen LogP contribution is 2.24. The van der Waals surface area contributed by atoms with Crippen molar-refractivity contribution in [2.75, 3.05) is 0 Å². The fourth-order valence-corrected chi connectivity index (χ4v) is 2.01. The van der Waals surface area contributed by atoms with Crippen LogP contribution in [0, 0.1) is 6.92 Å². The first-order valence-corrected chi connectivity index (χ1v) is 5.67. The number of benzene rings is 1. The fraction of sp³-hybridized carbons (Fsp3) is 0.167. The molecule has 1 aromatic carbocycles. The summed E-state index contributed by atoms with van der Waals surface area (Å²) in [5, 5.41) is 4.92. The molecule has 86 valence electrons. The predicted molar refractivity (Wildman–Crippen MR) is 68.0 cm³/mol. The highest BCUT2D eigenvalue weighted by Gasteiger charge is 2.11. The number of imidazole rings is 1. The van der Waals surface area contributed by atoms with Crippen molar-refractivity contribution in [3.05, 3.63) is 35.1 Å². The number of hydrogen-bond acceptors (Lipinski definition) is 2. The van der Waals surface area contributed by atoms with Crippen LogP contribution < -0.4 is 0 Å². The zero-order valence-electron chi connectivity index (χ0n) is 9.53. The van der Waals surface area contributed by atoms with Crippen LogP contribution in [-0.4, -0.2) is 19.7 Å². The quantitative estimate of drug-likeness (QED) is 0.718. The van der Waals surface area contributed by atoms with Crippen molar-refractivity contribution in [3.63, 3.8) is 0 Å². The molecule has 0 saturated heterocycles. The standard InChI is InChI=1S/C12H11ClN4/c1-7-9(6-14-17(7)2)12-15-10-4-3-8(13)5-11(10)16-12/h3-6H,1-2H3,(H,15,16). The molecular weight excluding hydrogens is 236 g/mol. The minimum atomic E-state index is 0.704. The summed E-state index contributed by atoms with van der Waals surface area (Å²) in [6, 6.07) is 5.62. The largest absolute Gasteiger partial charge is 0.338 e. The fourth-order valence-electron chi connectivity index (χ4n) is 1.84. The lowest BCUT2D eigenvalue weighted by Crippen LogP contribution is -1.92. The summed E-state index contributed by atoms with van der Waals surface area (Å²) < 4.78 is 1.83. The molecule has 4 nitrogen and oxygen atoms in total. The van der Waals surface area contributed by atoms with Gasteiger partial charge < -0.3 is 4.98 Å². The Kier molecular flexibility index (Phi) is 2.19. The van der Waals surface area contributed by atoms with Crippen LogP contribution in [0.25, 0.3) is 22.4 Å². The number of hydrogen-bond donors (Lipinski definition) is 1. The van der Waals surface area contributed by atoms with Crippen LogP contribution in [0.4, 0.5) is 0 Å². The Labute approximate surface area is 103 Å². The third-order valence-electron chi connectivity index (χ3n) is 2.93. The van der Waals surface area contributed by atoms with Gasteiger partial charge in [-0.3, -0.25) is 4.68 Å². The molecule has 0 aliphatic heterocycles. The zero-order chi connectivity index (χ0) is 12.0. The summed E-state index contributed by atoms with van der Waals surface area (Å²) in [5.41, 5.74) is 3.94. The van der Waals surface area contributed by atoms with Gasteiger partial charge in [0.15, 0.2) is 0 Å². The third-order valence-corrected chi connectivity index (χ3v) is 3.17. The van der Waals surface area contributed by atoms with E-state index < -0.39 is 0 Å². The number of nitrogens with one attached hydrogen (secondary N) is 1. The second kappa shape index (κ2) is 3.60. The molecule has 2 aromatic heterocycles. The predicted octanol–water partition coefficient (Wildman–Crippen LogP) is 2.93. The Morgan fingerprint density at radius 2 is 2.18 bits per heavy atom. The number of rotatable bonds is 1. The molecule has 0 atom stereocenters. The molecule has 0 aliphatic rings. The molecular formula is C12H11ClN4. The maximum absolute atomic E-state index is 5.95. The summed E-state index contributed by atoms with van der Waals surface area (Å²) in [4.78, 5) is 7.79. The SMILES string of the molecule is Cc1c(-c2nc3ccc(Cl)cc3[nH]2)cnn1C. The van der Waals surface area contributed by atoms with E-state index in [9.17, 15) is 0 Å². The van der Waals surface area contributed by atoms with Crippen LogP contribution in [0.1, 0.15) is 5.69 Å². The lowest BCUT2D eigenvalue weighted by molar-refractivity contribution is 0.740. The molecule has 3 aromatic rings. The number of fused-ring (bicyclic) bond motifs is 1. The number of aromatic nitrogens is 4. The number of H-pyrrole nitrogens is 1. The van der Waals surface area contributed by atoms with E-state index in [1.165, 1.54) is 0 Å². The van der Waals surface area contributed by atoms with Crippen molar-refractivity contribution in [1.82, 2.24) is 19.7 Å². The van der Waals surface area contributed by atoms with E-state index >= 15 is 0 Å². The average Bonchev–Trinajstić information content (AvgIpc) is 2.83. The second-order valence-electron chi connectivity index (χ2n) is 4.01. The molecule has 0 radical (unpaired) electrons. The molecule has 0 amide bonds. The van der Waals surface area contributed by atoms with Crippen molar-refractivity contribution >= 4 is 22.6 Å². The first-order chi connectivity index (χ1) is 8.15. The molecule has 5 heteroatoms. The Morgan fingerprint density at radius 3 is 2.88 bits per heavy atom. The maximum atomic E-state index is 5.95. The highest BCUT2D eigenvalue weighted by molar-refractivity contribution is 6.31. The van der Waals surface area contributed by atoms with Crippen molar-refractivity contribution in [3.8, 4) is 11.4 Å². The van der Waals surface area contributed by atoms with Gasteiger partial charge in [-0.1, -0.05) is 11.6 Å². The summed E-state index contributed by atoms with van der Waals surface area (Å²) in [7, 11) is 1.92. The van der Waals surface area contributed by atoms with Crippen LogP contribution >= 0.6 is 11.6 Å². The van der Waals surface area contributed by atoms with E-state index in [1.807, 2.05) is 43.0 Å². The first-order valence-electron chi connectivity index (χ1n) is 5.29. The van der Waals surface area contributed by atoms with Crippen LogP contribution in [0.3, 0.4) is 0 Å². The van der Waals surface area contributed by atoms with Gasteiger partial charge in [0.25, 0.3) is 0 Å². The molecule has 0 fully saturated rings. The molecule has 0 bridgehead atoms. The Morgan fingerprint density at radius 1 is 1.35 bits per heavy atom. The van der Waals surface area contributed by atoms with Crippen LogP contribution in [0.15, 0.2) is 24.4 Å². The van der Waals surface area contributed by atoms with Crippen molar-refractivity contribution in [2.24, 2.45) is 7.05 Å². The second-order valence-corrected chi connectivity index (χ2v) is 4.45. The zero-order valence-corrected chi connectivity index (χ0v) is 10.3. The smallest absolute Gasteiger partial charge is 0.141 e. The molecule has 0 unspecified atom stereocenters. The molecule has 2 heterocycles. The van der Waals surface area contributed by atoms with Gasteiger partial charge in [0.05, 0.1) is 22.8 Å². The van der Waals surface area contributed by atoms with Gasteiger partial charge >= 0.3 is 0 Å². The number of aryl methyl sites for hydroxylation is 1. The molecule has 0 aliphatic carbocycles. The van der Waals surface area contributed by atoms with Crippen LogP contribution in [0.5, 0.6) is 0 Å². The molecule has 1 N–H and O–H groups in total. The van der Waals surface area contributed by atoms with Crippen molar-refractivity contribution in [2.45, 2.75) is 6.92 Å². The Hall–Kier alpha value is -1.81. The minimum absolute atomic E-state index is 0.704. The molecule has 3 rings (SSSR count). The van der Waals surface area contributed by atoms with Gasteiger partial charge in [-0.15, -0.1) is 0 Å². The number of aromatic amines is 1. The van der Waals surface area contributed by atoms with Gasteiger partial charge in [0, 0.05) is 17.8 Å². The topological polar surface area (TPSA) is 46.5 Å². The lowest BCUT2D eigenvalue weighted by atomic mass is 10.2. The van der Waals surface area contributed by atoms with E-state index in [0.29, 0.717) is 5.02 Å². The Bertz CT molecular complexity index is 696. The molecule has 17 heavy (non-hydrogen) atoms. The van der Waals surface area contributed by atoms with Gasteiger partial charge in [0.2, 0.25) is 0 Å². The molecule has 0 spiro atoms. The average molecular weight is 247 g/mol. The summed E-state index contributed by atoms with van der Waals surface area (Å²) in [6.07, 6.45) is 1.81. The van der Waals surface area contributed by atoms with E-state index in [4.69, 9.17) is 11.6 Å². The van der Waals surface area contributed by atoms with E-state index in [0.717, 1.165) is 28.1 Å². The van der Waals surface area contributed by atoms with Crippen molar-refractivity contribution in [1.29, 1.82) is 0 Å². The monoisotopic (exact) mass is 246 g/mol. The third kappa shape index (κ3) is 1.61. The number of halogens is 1. The van der Waals surface area contributed by atoms with Crippen LogP contribution in [0.2, 0.25) is 5.02 Å². The maximum Gasteiger partial charge on any atom is 0.141 e. The summed E-state index contributed by atoms with van der Waals surface area (Å²) >= 11 is 5.95. The normalized spacial score (nSPS) is 11.2. The van der Waals surface area contributed by atoms with E-state index in [1.54, 1.807) is 0 Å². The Balaban J connectivity index is 2.21. The van der Waals surface area contributed by atoms with Crippen LogP contribution in [-0.2, 0) is 7.05 Å². The van der Waals surface area contributed by atoms with Gasteiger partial charge in [-0.2, -0.15) is 5.10 Å². The van der Waals surface area contributed by atoms with Gasteiger partial charge in [-0.05, 0) is 25.1 Å². The number of nitrogens with zero attached hydrogens (tertiary/aromatic N) is 3. The van der Waals surface area contributed by atoms with E-state index in [2.05, 4.69) is 15.1 Å². The summed E-state index contributed by atoms with van der Waals surface area (Å²) in [6.45, 7) is 2.02.